The number of hydrogen-bond donors (Lipinski definition) is 1. The molecule has 0 unspecified atom stereocenters. The van der Waals surface area contributed by atoms with Gasteiger partial charge in [0, 0.05) is 16.7 Å². The zero-order valence-corrected chi connectivity index (χ0v) is 28.6. The van der Waals surface area contributed by atoms with E-state index < -0.39 is 23.1 Å². The van der Waals surface area contributed by atoms with Crippen molar-refractivity contribution in [1.29, 1.82) is 0 Å². The predicted molar refractivity (Wildman–Crippen MR) is 183 cm³/mol. The lowest BCUT2D eigenvalue weighted by Crippen LogP contribution is -2.23. The van der Waals surface area contributed by atoms with Crippen LogP contribution in [0, 0.1) is 31.3 Å². The summed E-state index contributed by atoms with van der Waals surface area (Å²) in [5.41, 5.74) is 0.511. The third-order valence-corrected chi connectivity index (χ3v) is 6.54. The largest absolute Gasteiger partial charge is 0.508 e. The molecule has 45 heavy (non-hydrogen) atoms. The topological polar surface area (TPSA) is 69.6 Å². The predicted octanol–water partition coefficient (Wildman–Crippen LogP) is 10.2. The number of carbonyl (C=O) groups excluding carboxylic acids is 1. The highest BCUT2D eigenvalue weighted by molar-refractivity contribution is 5.92. The Morgan fingerprint density at radius 2 is 1.53 bits per heavy atom. The van der Waals surface area contributed by atoms with Gasteiger partial charge >= 0.3 is 0 Å². The lowest BCUT2D eigenvalue weighted by molar-refractivity contribution is -0.106. The molecule has 0 aliphatic carbocycles. The summed E-state index contributed by atoms with van der Waals surface area (Å²) < 4.78 is 43.6. The van der Waals surface area contributed by atoms with Gasteiger partial charge in [-0.25, -0.2) is 23.1 Å². The number of aromatic nitrogens is 2. The second kappa shape index (κ2) is 21.7. The average Bonchev–Trinajstić information content (AvgIpc) is 3.04. The summed E-state index contributed by atoms with van der Waals surface area (Å²) in [5, 5.41) is 9.78. The van der Waals surface area contributed by atoms with Crippen LogP contribution in [-0.4, -0.2) is 46.0 Å². The summed E-state index contributed by atoms with van der Waals surface area (Å²) in [5.74, 6) is -2.77. The van der Waals surface area contributed by atoms with Crippen LogP contribution in [-0.2, 0) is 4.79 Å². The van der Waals surface area contributed by atoms with Crippen LogP contribution in [0.5, 0.6) is 0 Å². The maximum absolute atomic E-state index is 14.6. The molecule has 0 saturated heterocycles. The van der Waals surface area contributed by atoms with Gasteiger partial charge in [0.15, 0.2) is 5.82 Å². The number of rotatable bonds is 11. The van der Waals surface area contributed by atoms with E-state index in [2.05, 4.69) is 42.2 Å². The Morgan fingerprint density at radius 1 is 0.956 bits per heavy atom. The molecule has 0 radical (unpaired) electrons. The van der Waals surface area contributed by atoms with Crippen LogP contribution in [0.1, 0.15) is 90.7 Å². The van der Waals surface area contributed by atoms with Crippen LogP contribution in [0.2, 0.25) is 0 Å². The van der Waals surface area contributed by atoms with E-state index in [1.807, 2.05) is 27.7 Å². The van der Waals surface area contributed by atoms with Crippen molar-refractivity contribution in [1.82, 2.24) is 14.9 Å². The van der Waals surface area contributed by atoms with Crippen molar-refractivity contribution in [3.63, 3.8) is 0 Å². The first kappa shape index (κ1) is 41.0. The van der Waals surface area contributed by atoms with Crippen LogP contribution >= 0.6 is 0 Å². The molecule has 0 aliphatic heterocycles. The third-order valence-electron chi connectivity index (χ3n) is 6.54. The number of para-hydroxylation sites is 1. The minimum absolute atomic E-state index is 0.0855. The van der Waals surface area contributed by atoms with E-state index in [-0.39, 0.29) is 46.2 Å². The van der Waals surface area contributed by atoms with Crippen molar-refractivity contribution >= 4 is 29.8 Å². The number of halogens is 3. The molecule has 1 aromatic heterocycles. The van der Waals surface area contributed by atoms with Crippen molar-refractivity contribution in [3.05, 3.63) is 83.0 Å². The van der Waals surface area contributed by atoms with E-state index in [9.17, 15) is 23.1 Å². The molecular formula is C36H51F3N4O2. The molecular weight excluding hydrogens is 577 g/mol. The highest BCUT2D eigenvalue weighted by atomic mass is 19.1. The molecule has 1 heterocycles. The number of unbranched alkanes of at least 4 members (excludes halogenated alkanes) is 1. The smallest absolute Gasteiger partial charge is 0.220 e. The number of amides is 1. The van der Waals surface area contributed by atoms with Crippen molar-refractivity contribution in [2.45, 2.75) is 82.1 Å². The van der Waals surface area contributed by atoms with Crippen LogP contribution in [0.25, 0.3) is 23.1 Å². The Labute approximate surface area is 268 Å². The Bertz CT molecular complexity index is 1370. The van der Waals surface area contributed by atoms with E-state index in [4.69, 9.17) is 0 Å². The summed E-state index contributed by atoms with van der Waals surface area (Å²) in [4.78, 5) is 23.9. The maximum Gasteiger partial charge on any atom is 0.220 e. The fourth-order valence-electron chi connectivity index (χ4n) is 4.22. The second-order valence-electron chi connectivity index (χ2n) is 9.36. The Kier molecular flexibility index (Phi) is 19.8. The first-order valence-electron chi connectivity index (χ1n) is 15.6. The van der Waals surface area contributed by atoms with Crippen molar-refractivity contribution in [3.8, 4) is 11.3 Å². The monoisotopic (exact) mass is 628 g/mol. The number of aliphatic hydroxyl groups excluding tert-OH is 1. The van der Waals surface area contributed by atoms with Gasteiger partial charge in [-0.15, -0.1) is 0 Å². The van der Waals surface area contributed by atoms with Gasteiger partial charge in [0.1, 0.15) is 34.7 Å². The lowest BCUT2D eigenvalue weighted by Gasteiger charge is -2.22. The van der Waals surface area contributed by atoms with Gasteiger partial charge in [0.05, 0.1) is 5.69 Å². The highest BCUT2D eigenvalue weighted by Gasteiger charge is 2.25. The summed E-state index contributed by atoms with van der Waals surface area (Å²) in [7, 11) is 0. The first-order chi connectivity index (χ1) is 21.5. The molecule has 2 aromatic carbocycles. The number of nitrogens with zero attached hydrogens (tertiary/aromatic N) is 4. The third kappa shape index (κ3) is 11.5. The lowest BCUT2D eigenvalue weighted by atomic mass is 9.97. The fraction of sp³-hybridized carbons (Fsp3) is 0.417. The highest BCUT2D eigenvalue weighted by Crippen LogP contribution is 2.37. The Hall–Kier alpha value is -3.98. The molecule has 1 amide bonds. The molecule has 3 rings (SSSR count). The van der Waals surface area contributed by atoms with E-state index in [0.29, 0.717) is 5.56 Å². The molecule has 248 valence electrons. The molecule has 9 heteroatoms. The standard InChI is InChI=1S/C24H20F3N3O2.C8H19N.2C2H6/c1-5-7-17-22(18-10-16(14(3)32)11-21(27)13(18)2)28-15(4)29-24(17)30(12-31)23-19(25)8-6-9-20(23)26;1-4-7-8-9(5-2)6-3;2*1-2/h5-12,32H,3H2,1-2,4H3;4-8H2,1-3H3;2*1-2H3/b7-5-;;;. The molecule has 1 N–H and O–H groups in total. The quantitative estimate of drug-likeness (QED) is 0.169. The number of hydrogen-bond acceptors (Lipinski definition) is 5. The molecule has 0 atom stereocenters. The summed E-state index contributed by atoms with van der Waals surface area (Å²) in [6.45, 7) is 26.6. The van der Waals surface area contributed by atoms with Gasteiger partial charge in [-0.1, -0.05) is 79.7 Å². The van der Waals surface area contributed by atoms with E-state index in [0.717, 1.165) is 23.1 Å². The fourth-order valence-corrected chi connectivity index (χ4v) is 4.22. The van der Waals surface area contributed by atoms with Crippen molar-refractivity contribution in [2.75, 3.05) is 24.5 Å². The first-order valence-corrected chi connectivity index (χ1v) is 15.6. The second-order valence-corrected chi connectivity index (χ2v) is 9.36. The molecule has 0 spiro atoms. The van der Waals surface area contributed by atoms with Gasteiger partial charge in [0.25, 0.3) is 0 Å². The number of benzene rings is 2. The number of anilines is 2. The molecule has 0 saturated carbocycles. The molecule has 0 fully saturated rings. The number of aliphatic hydroxyl groups is 1. The number of carbonyl (C=O) groups is 1. The number of allylic oxidation sites excluding steroid dienone is 1. The molecule has 0 aliphatic rings. The van der Waals surface area contributed by atoms with Crippen molar-refractivity contribution in [2.24, 2.45) is 0 Å². The van der Waals surface area contributed by atoms with Crippen LogP contribution < -0.4 is 4.90 Å². The maximum atomic E-state index is 14.6. The van der Waals surface area contributed by atoms with Gasteiger partial charge < -0.3 is 10.0 Å². The van der Waals surface area contributed by atoms with E-state index in [1.165, 1.54) is 58.5 Å². The molecule has 0 bridgehead atoms. The molecule has 3 aromatic rings. The molecule has 6 nitrogen and oxygen atoms in total. The average molecular weight is 629 g/mol. The van der Waals surface area contributed by atoms with Gasteiger partial charge in [-0.05, 0) is 76.7 Å². The zero-order valence-electron chi connectivity index (χ0n) is 28.6. The van der Waals surface area contributed by atoms with Crippen LogP contribution in [0.3, 0.4) is 0 Å². The van der Waals surface area contributed by atoms with Gasteiger partial charge in [0.2, 0.25) is 6.41 Å². The van der Waals surface area contributed by atoms with E-state index >= 15 is 0 Å². The van der Waals surface area contributed by atoms with Gasteiger partial charge in [-0.2, -0.15) is 0 Å². The number of aryl methyl sites for hydroxylation is 1. The van der Waals surface area contributed by atoms with E-state index in [1.54, 1.807) is 19.1 Å². The van der Waals surface area contributed by atoms with Crippen LogP contribution in [0.4, 0.5) is 24.7 Å². The zero-order chi connectivity index (χ0) is 34.7. The summed E-state index contributed by atoms with van der Waals surface area (Å²) in [6.07, 6.45) is 6.09. The van der Waals surface area contributed by atoms with Crippen molar-refractivity contribution < 1.29 is 23.1 Å². The van der Waals surface area contributed by atoms with Gasteiger partial charge in [-0.3, -0.25) is 9.69 Å². The summed E-state index contributed by atoms with van der Waals surface area (Å²) >= 11 is 0. The normalized spacial score (nSPS) is 10.3. The van der Waals surface area contributed by atoms with Crippen LogP contribution in [0.15, 0.2) is 43.0 Å². The summed E-state index contributed by atoms with van der Waals surface area (Å²) in [6, 6.07) is 5.86. The Balaban J connectivity index is 0.00000127. The Morgan fingerprint density at radius 3 is 2.00 bits per heavy atom. The minimum Gasteiger partial charge on any atom is -0.508 e. The minimum atomic E-state index is -0.956. The SMILES string of the molecule is C=C(O)c1cc(F)c(C)c(-c2nc(C)nc(N(C=O)c3c(F)cccc3F)c2/C=C\C)c1.CC.CC.CCCCN(CC)CC.